The molecule has 2 heterocycles. The Bertz CT molecular complexity index is 1020. The molecule has 0 radical (unpaired) electrons. The van der Waals surface area contributed by atoms with Gasteiger partial charge in [-0.05, 0) is 52.7 Å². The number of anilines is 1. The van der Waals surface area contributed by atoms with E-state index in [1.165, 1.54) is 6.26 Å². The highest BCUT2D eigenvalue weighted by molar-refractivity contribution is 9.10. The zero-order valence-electron chi connectivity index (χ0n) is 14.1. The van der Waals surface area contributed by atoms with Crippen LogP contribution in [0.25, 0.3) is 11.0 Å². The zero-order chi connectivity index (χ0) is 18.2. The van der Waals surface area contributed by atoms with Crippen molar-refractivity contribution in [3.63, 3.8) is 0 Å². The molecule has 0 fully saturated rings. The Labute approximate surface area is 155 Å². The summed E-state index contributed by atoms with van der Waals surface area (Å²) in [5.74, 6) is 0. The Kier molecular flexibility index (Phi) is 4.79. The molecule has 0 aliphatic heterocycles. The lowest BCUT2D eigenvalue weighted by Gasteiger charge is -2.28. The van der Waals surface area contributed by atoms with Crippen LogP contribution in [0.2, 0.25) is 0 Å². The van der Waals surface area contributed by atoms with Gasteiger partial charge in [0.2, 0.25) is 0 Å². The molecule has 3 rings (SSSR count). The lowest BCUT2D eigenvalue weighted by Crippen LogP contribution is -2.22. The summed E-state index contributed by atoms with van der Waals surface area (Å²) >= 11 is 3.42. The molecule has 0 aliphatic rings. The molecular weight excluding hydrogens is 402 g/mol. The number of hydrogen-bond acceptors (Lipinski definition) is 5. The van der Waals surface area contributed by atoms with Crippen molar-refractivity contribution in [1.82, 2.24) is 9.97 Å². The van der Waals surface area contributed by atoms with Gasteiger partial charge in [-0.3, -0.25) is 9.97 Å². The van der Waals surface area contributed by atoms with Crippen LogP contribution in [0.4, 0.5) is 5.69 Å². The monoisotopic (exact) mass is 419 g/mol. The maximum Gasteiger partial charge on any atom is 0.175 e. The number of nitrogens with zero attached hydrogens (tertiary/aromatic N) is 3. The highest BCUT2D eigenvalue weighted by Crippen LogP contribution is 2.30. The van der Waals surface area contributed by atoms with Crippen LogP contribution in [-0.2, 0) is 9.84 Å². The molecule has 0 saturated carbocycles. The number of benzene rings is 1. The second-order valence-corrected chi connectivity index (χ2v) is 8.91. The molecule has 0 spiro atoms. The Balaban J connectivity index is 1.96. The van der Waals surface area contributed by atoms with Gasteiger partial charge < -0.3 is 4.90 Å². The fourth-order valence-electron chi connectivity index (χ4n) is 2.70. The van der Waals surface area contributed by atoms with Crippen molar-refractivity contribution >= 4 is 42.5 Å². The first-order valence-corrected chi connectivity index (χ1v) is 10.4. The molecule has 1 atom stereocenters. The zero-order valence-corrected chi connectivity index (χ0v) is 16.5. The fourth-order valence-corrected chi connectivity index (χ4v) is 3.65. The maximum atomic E-state index is 11.6. The molecule has 25 heavy (non-hydrogen) atoms. The summed E-state index contributed by atoms with van der Waals surface area (Å²) in [6.45, 7) is 2.07. The number of rotatable bonds is 4. The minimum atomic E-state index is -3.19. The Hall–Kier alpha value is -1.99. The van der Waals surface area contributed by atoms with Gasteiger partial charge in [0.1, 0.15) is 5.52 Å². The molecule has 3 aromatic rings. The van der Waals surface area contributed by atoms with E-state index in [1.807, 2.05) is 31.3 Å². The van der Waals surface area contributed by atoms with Gasteiger partial charge >= 0.3 is 0 Å². The van der Waals surface area contributed by atoms with Crippen LogP contribution in [-0.4, -0.2) is 31.7 Å². The maximum absolute atomic E-state index is 11.6. The van der Waals surface area contributed by atoms with E-state index in [0.717, 1.165) is 26.8 Å². The summed E-state index contributed by atoms with van der Waals surface area (Å²) in [6.07, 6.45) is 4.74. The molecule has 1 unspecified atom stereocenters. The Morgan fingerprint density at radius 1 is 1.12 bits per heavy atom. The molecule has 0 saturated heterocycles. The molecule has 5 nitrogen and oxygen atoms in total. The van der Waals surface area contributed by atoms with Crippen LogP contribution < -0.4 is 4.90 Å². The lowest BCUT2D eigenvalue weighted by atomic mass is 10.1. The SMILES string of the molecule is CC(c1ccc(S(C)(=O)=O)cc1)N(C)c1ccnc2cc(Br)cnc12. The average Bonchev–Trinajstić information content (AvgIpc) is 2.59. The first-order valence-electron chi connectivity index (χ1n) is 7.70. The molecule has 0 amide bonds. The topological polar surface area (TPSA) is 63.2 Å². The minimum Gasteiger partial charge on any atom is -0.366 e. The van der Waals surface area contributed by atoms with Gasteiger partial charge in [0.25, 0.3) is 0 Å². The van der Waals surface area contributed by atoms with E-state index in [2.05, 4.69) is 37.7 Å². The van der Waals surface area contributed by atoms with Gasteiger partial charge in [0.15, 0.2) is 9.84 Å². The number of sulfone groups is 1. The van der Waals surface area contributed by atoms with E-state index < -0.39 is 9.84 Å². The van der Waals surface area contributed by atoms with Crippen LogP contribution in [0.5, 0.6) is 0 Å². The van der Waals surface area contributed by atoms with E-state index in [0.29, 0.717) is 4.90 Å². The van der Waals surface area contributed by atoms with Crippen LogP contribution >= 0.6 is 15.9 Å². The number of pyridine rings is 2. The summed E-state index contributed by atoms with van der Waals surface area (Å²) in [4.78, 5) is 11.3. The van der Waals surface area contributed by atoms with E-state index in [9.17, 15) is 8.42 Å². The van der Waals surface area contributed by atoms with Gasteiger partial charge in [-0.25, -0.2) is 8.42 Å². The third-order valence-corrected chi connectivity index (χ3v) is 5.84. The number of aromatic nitrogens is 2. The standard InChI is InChI=1S/C18H18BrN3O2S/c1-12(13-4-6-15(7-5-13)25(3,23)24)22(2)17-8-9-20-16-10-14(19)11-21-18(16)17/h4-12H,1-3H3. The number of halogens is 1. The Morgan fingerprint density at radius 2 is 1.80 bits per heavy atom. The summed E-state index contributed by atoms with van der Waals surface area (Å²) < 4.78 is 24.1. The lowest BCUT2D eigenvalue weighted by molar-refractivity contribution is 0.601. The molecule has 130 valence electrons. The first-order chi connectivity index (χ1) is 11.8. The largest absolute Gasteiger partial charge is 0.366 e. The smallest absolute Gasteiger partial charge is 0.175 e. The van der Waals surface area contributed by atoms with E-state index >= 15 is 0 Å². The van der Waals surface area contributed by atoms with E-state index in [4.69, 9.17) is 0 Å². The molecule has 0 aliphatic carbocycles. The molecule has 2 aromatic heterocycles. The van der Waals surface area contributed by atoms with Gasteiger partial charge in [-0.1, -0.05) is 12.1 Å². The van der Waals surface area contributed by atoms with Crippen molar-refractivity contribution in [2.45, 2.75) is 17.9 Å². The molecular formula is C18H18BrN3O2S. The molecule has 7 heteroatoms. The van der Waals surface area contributed by atoms with Gasteiger partial charge in [0, 0.05) is 30.2 Å². The molecule has 0 bridgehead atoms. The summed E-state index contributed by atoms with van der Waals surface area (Å²) in [6, 6.07) is 10.9. The average molecular weight is 420 g/mol. The summed E-state index contributed by atoms with van der Waals surface area (Å²) in [7, 11) is -1.19. The van der Waals surface area contributed by atoms with E-state index in [1.54, 1.807) is 24.5 Å². The van der Waals surface area contributed by atoms with Crippen LogP contribution in [0.15, 0.2) is 58.2 Å². The normalized spacial score (nSPS) is 13.0. The van der Waals surface area contributed by atoms with Crippen LogP contribution in [0.3, 0.4) is 0 Å². The highest BCUT2D eigenvalue weighted by atomic mass is 79.9. The van der Waals surface area contributed by atoms with Crippen molar-refractivity contribution in [3.05, 3.63) is 58.8 Å². The molecule has 1 aromatic carbocycles. The molecule has 0 N–H and O–H groups in total. The summed E-state index contributed by atoms with van der Waals surface area (Å²) in [5, 5.41) is 0. The summed E-state index contributed by atoms with van der Waals surface area (Å²) in [5.41, 5.74) is 3.64. The third kappa shape index (κ3) is 3.67. The predicted molar refractivity (Wildman–Crippen MR) is 104 cm³/mol. The van der Waals surface area contributed by atoms with Crippen LogP contribution in [0, 0.1) is 0 Å². The quantitative estimate of drug-likeness (QED) is 0.639. The number of fused-ring (bicyclic) bond motifs is 1. The van der Waals surface area contributed by atoms with Crippen molar-refractivity contribution in [2.75, 3.05) is 18.2 Å². The van der Waals surface area contributed by atoms with Gasteiger partial charge in [-0.2, -0.15) is 0 Å². The van der Waals surface area contributed by atoms with Crippen molar-refractivity contribution < 1.29 is 8.42 Å². The predicted octanol–water partition coefficient (Wildman–Crippen LogP) is 3.99. The number of hydrogen-bond donors (Lipinski definition) is 0. The Morgan fingerprint density at radius 3 is 2.44 bits per heavy atom. The van der Waals surface area contributed by atoms with Gasteiger partial charge in [-0.15, -0.1) is 0 Å². The fraction of sp³-hybridized carbons (Fsp3) is 0.222. The van der Waals surface area contributed by atoms with Crippen molar-refractivity contribution in [3.8, 4) is 0 Å². The third-order valence-electron chi connectivity index (χ3n) is 4.27. The second kappa shape index (κ2) is 6.72. The van der Waals surface area contributed by atoms with Crippen LogP contribution in [0.1, 0.15) is 18.5 Å². The first kappa shape index (κ1) is 17.8. The van der Waals surface area contributed by atoms with Crippen molar-refractivity contribution in [1.29, 1.82) is 0 Å². The second-order valence-electron chi connectivity index (χ2n) is 5.98. The highest BCUT2D eigenvalue weighted by Gasteiger charge is 2.17. The minimum absolute atomic E-state index is 0.0460. The van der Waals surface area contributed by atoms with E-state index in [-0.39, 0.29) is 6.04 Å². The van der Waals surface area contributed by atoms with Gasteiger partial charge in [0.05, 0.1) is 22.1 Å². The van der Waals surface area contributed by atoms with Crippen molar-refractivity contribution in [2.24, 2.45) is 0 Å².